The Morgan fingerprint density at radius 1 is 1.12 bits per heavy atom. The lowest BCUT2D eigenvalue weighted by Gasteiger charge is -2.29. The van der Waals surface area contributed by atoms with Crippen LogP contribution in [0.1, 0.15) is 38.7 Å². The molecule has 1 amide bonds. The summed E-state index contributed by atoms with van der Waals surface area (Å²) in [5.41, 5.74) is 0.355. The smallest absolute Gasteiger partial charge is 0.411 e. The van der Waals surface area contributed by atoms with Gasteiger partial charge in [-0.25, -0.2) is 9.59 Å². The van der Waals surface area contributed by atoms with Crippen LogP contribution in [0.25, 0.3) is 0 Å². The molecule has 2 rings (SSSR count). The van der Waals surface area contributed by atoms with Gasteiger partial charge in [0.2, 0.25) is 0 Å². The fourth-order valence-electron chi connectivity index (χ4n) is 2.93. The zero-order chi connectivity index (χ0) is 17.9. The molecule has 0 radical (unpaired) electrons. The Balaban J connectivity index is 2.25. The van der Waals surface area contributed by atoms with E-state index in [1.165, 1.54) is 12.0 Å². The first-order valence-corrected chi connectivity index (χ1v) is 7.98. The molecule has 132 valence electrons. The molecule has 2 atom stereocenters. The molecule has 6 nitrogen and oxygen atoms in total. The second-order valence-electron chi connectivity index (χ2n) is 6.81. The number of amides is 1. The van der Waals surface area contributed by atoms with E-state index in [2.05, 4.69) is 0 Å². The maximum atomic E-state index is 12.4. The number of nitrogens with zero attached hydrogens (tertiary/aromatic N) is 1. The third-order valence-electron chi connectivity index (χ3n) is 4.01. The highest BCUT2D eigenvalue weighted by Crippen LogP contribution is 2.35. The van der Waals surface area contributed by atoms with E-state index >= 15 is 0 Å². The van der Waals surface area contributed by atoms with Crippen molar-refractivity contribution in [3.05, 3.63) is 29.8 Å². The third kappa shape index (κ3) is 3.99. The van der Waals surface area contributed by atoms with E-state index in [9.17, 15) is 9.59 Å². The van der Waals surface area contributed by atoms with Gasteiger partial charge in [0, 0.05) is 12.5 Å². The molecular weight excluding hydrogens is 310 g/mol. The number of benzene rings is 1. The molecule has 0 spiro atoms. The number of carbonyl (C=O) groups is 2. The van der Waals surface area contributed by atoms with Crippen molar-refractivity contribution in [1.29, 1.82) is 0 Å². The highest BCUT2D eigenvalue weighted by atomic mass is 16.6. The largest absolute Gasteiger partial charge is 0.497 e. The van der Waals surface area contributed by atoms with Crippen molar-refractivity contribution < 1.29 is 23.8 Å². The Hall–Kier alpha value is -2.24. The normalized spacial score (nSPS) is 20.6. The van der Waals surface area contributed by atoms with Gasteiger partial charge in [-0.2, -0.15) is 0 Å². The zero-order valence-electron chi connectivity index (χ0n) is 14.9. The van der Waals surface area contributed by atoms with E-state index in [0.717, 1.165) is 11.3 Å². The minimum absolute atomic E-state index is 0.129. The van der Waals surface area contributed by atoms with Gasteiger partial charge in [-0.3, -0.25) is 4.90 Å². The number of esters is 1. The van der Waals surface area contributed by atoms with E-state index in [1.54, 1.807) is 27.9 Å². The lowest BCUT2D eigenvalue weighted by molar-refractivity contribution is -0.146. The summed E-state index contributed by atoms with van der Waals surface area (Å²) in [7, 11) is 2.94. The van der Waals surface area contributed by atoms with E-state index < -0.39 is 23.7 Å². The Kier molecular flexibility index (Phi) is 5.36. The molecular formula is C18H25NO5. The van der Waals surface area contributed by atoms with Gasteiger partial charge in [0.05, 0.1) is 14.2 Å². The van der Waals surface area contributed by atoms with Crippen LogP contribution in [0.3, 0.4) is 0 Å². The summed E-state index contributed by atoms with van der Waals surface area (Å²) in [5.74, 6) is 0.186. The Bertz CT molecular complexity index is 590. The van der Waals surface area contributed by atoms with Crippen LogP contribution in [0, 0.1) is 0 Å². The summed E-state index contributed by atoms with van der Waals surface area (Å²) in [5, 5.41) is 0. The van der Waals surface area contributed by atoms with Gasteiger partial charge in [0.25, 0.3) is 0 Å². The average molecular weight is 335 g/mol. The van der Waals surface area contributed by atoms with Gasteiger partial charge < -0.3 is 14.2 Å². The second kappa shape index (κ2) is 7.11. The van der Waals surface area contributed by atoms with Gasteiger partial charge >= 0.3 is 12.1 Å². The Labute approximate surface area is 142 Å². The van der Waals surface area contributed by atoms with Gasteiger partial charge in [0.15, 0.2) is 0 Å². The summed E-state index contributed by atoms with van der Waals surface area (Å²) in [6.45, 7) is 5.85. The summed E-state index contributed by atoms with van der Waals surface area (Å²) in [4.78, 5) is 26.2. The third-order valence-corrected chi connectivity index (χ3v) is 4.01. The molecule has 24 heavy (non-hydrogen) atoms. The second-order valence-corrected chi connectivity index (χ2v) is 6.81. The number of hydrogen-bond acceptors (Lipinski definition) is 5. The first kappa shape index (κ1) is 18.1. The van der Waals surface area contributed by atoms with Crippen LogP contribution in [0.2, 0.25) is 0 Å². The molecule has 0 N–H and O–H groups in total. The van der Waals surface area contributed by atoms with Crippen LogP contribution in [-0.2, 0) is 14.3 Å². The molecule has 0 bridgehead atoms. The maximum absolute atomic E-state index is 12.4. The van der Waals surface area contributed by atoms with Crippen molar-refractivity contribution in [2.75, 3.05) is 20.8 Å². The van der Waals surface area contributed by atoms with Crippen molar-refractivity contribution >= 4 is 12.1 Å². The van der Waals surface area contributed by atoms with Crippen LogP contribution in [0.4, 0.5) is 4.79 Å². The van der Waals surface area contributed by atoms with Gasteiger partial charge in [-0.15, -0.1) is 0 Å². The minimum Gasteiger partial charge on any atom is -0.497 e. The van der Waals surface area contributed by atoms with Gasteiger partial charge in [-0.1, -0.05) is 12.1 Å². The van der Waals surface area contributed by atoms with E-state index in [4.69, 9.17) is 14.2 Å². The number of ether oxygens (including phenoxy) is 3. The van der Waals surface area contributed by atoms with Crippen LogP contribution in [0.15, 0.2) is 24.3 Å². The molecule has 0 saturated carbocycles. The van der Waals surface area contributed by atoms with Crippen molar-refractivity contribution in [3.63, 3.8) is 0 Å². The number of methoxy groups -OCH3 is 2. The van der Waals surface area contributed by atoms with Crippen molar-refractivity contribution in [2.24, 2.45) is 0 Å². The van der Waals surface area contributed by atoms with Crippen molar-refractivity contribution in [1.82, 2.24) is 4.90 Å². The fourth-order valence-corrected chi connectivity index (χ4v) is 2.93. The monoisotopic (exact) mass is 335 g/mol. The zero-order valence-corrected chi connectivity index (χ0v) is 14.9. The average Bonchev–Trinajstić information content (AvgIpc) is 2.97. The van der Waals surface area contributed by atoms with Crippen molar-refractivity contribution in [3.8, 4) is 5.75 Å². The molecule has 1 aliphatic rings. The molecule has 1 saturated heterocycles. The van der Waals surface area contributed by atoms with Crippen LogP contribution < -0.4 is 4.74 Å². The number of rotatable bonds is 3. The topological polar surface area (TPSA) is 65.1 Å². The lowest BCUT2D eigenvalue weighted by atomic mass is 9.91. The molecule has 1 fully saturated rings. The molecule has 0 aliphatic carbocycles. The molecule has 1 aromatic carbocycles. The predicted octanol–water partition coefficient (Wildman–Crippen LogP) is 2.96. The van der Waals surface area contributed by atoms with Crippen LogP contribution in [0.5, 0.6) is 5.75 Å². The highest BCUT2D eigenvalue weighted by Gasteiger charge is 2.44. The maximum Gasteiger partial charge on any atom is 0.411 e. The first-order valence-electron chi connectivity index (χ1n) is 7.98. The standard InChI is InChI=1S/C18H25NO5/c1-18(2,3)24-17(21)19-11-10-14(15(19)16(20)23-5)12-6-8-13(22-4)9-7-12/h6-9,14-15H,10-11H2,1-5H3/t14-,15-/m1/s1. The van der Waals surface area contributed by atoms with Gasteiger partial charge in [-0.05, 0) is 44.9 Å². The quantitative estimate of drug-likeness (QED) is 0.795. The Morgan fingerprint density at radius 2 is 1.75 bits per heavy atom. The van der Waals surface area contributed by atoms with E-state index in [-0.39, 0.29) is 5.92 Å². The fraction of sp³-hybridized carbons (Fsp3) is 0.556. The summed E-state index contributed by atoms with van der Waals surface area (Å²) >= 11 is 0. The number of carbonyl (C=O) groups excluding carboxylic acids is 2. The van der Waals surface area contributed by atoms with Crippen LogP contribution in [-0.4, -0.2) is 49.4 Å². The first-order chi connectivity index (χ1) is 11.3. The number of likely N-dealkylation sites (tertiary alicyclic amines) is 1. The number of hydrogen-bond donors (Lipinski definition) is 0. The minimum atomic E-state index is -0.682. The molecule has 6 heteroatoms. The molecule has 0 unspecified atom stereocenters. The summed E-state index contributed by atoms with van der Waals surface area (Å²) in [6.07, 6.45) is 0.180. The molecule has 1 aliphatic heterocycles. The predicted molar refractivity (Wildman–Crippen MR) is 89.1 cm³/mol. The molecule has 0 aromatic heterocycles. The molecule has 1 heterocycles. The highest BCUT2D eigenvalue weighted by molar-refractivity contribution is 5.83. The van der Waals surface area contributed by atoms with Crippen LogP contribution >= 0.6 is 0 Å². The SMILES string of the molecule is COC(=O)[C@H]1[C@@H](c2ccc(OC)cc2)CCN1C(=O)OC(C)(C)C. The summed E-state index contributed by atoms with van der Waals surface area (Å²) in [6, 6.07) is 6.84. The van der Waals surface area contributed by atoms with E-state index in [1.807, 2.05) is 24.3 Å². The molecule has 1 aromatic rings. The lowest BCUT2D eigenvalue weighted by Crippen LogP contribution is -2.45. The Morgan fingerprint density at radius 3 is 2.25 bits per heavy atom. The van der Waals surface area contributed by atoms with Gasteiger partial charge in [0.1, 0.15) is 17.4 Å². The summed E-state index contributed by atoms with van der Waals surface area (Å²) < 4.78 is 15.5. The van der Waals surface area contributed by atoms with E-state index in [0.29, 0.717) is 13.0 Å². The van der Waals surface area contributed by atoms with Crippen molar-refractivity contribution in [2.45, 2.75) is 44.8 Å².